The molecule has 0 heterocycles. The molecule has 0 spiro atoms. The van der Waals surface area contributed by atoms with E-state index in [4.69, 9.17) is 16.3 Å². The molecule has 0 saturated carbocycles. The molecule has 1 atom stereocenters. The van der Waals surface area contributed by atoms with Crippen molar-refractivity contribution in [1.82, 2.24) is 0 Å². The van der Waals surface area contributed by atoms with E-state index < -0.39 is 5.69 Å². The van der Waals surface area contributed by atoms with Gasteiger partial charge in [-0.3, -0.25) is 0 Å². The summed E-state index contributed by atoms with van der Waals surface area (Å²) in [4.78, 5) is 12.3. The summed E-state index contributed by atoms with van der Waals surface area (Å²) in [5.74, 6) is 0.758. The Kier molecular flexibility index (Phi) is 24.7. The van der Waals surface area contributed by atoms with Gasteiger partial charge < -0.3 is 9.42 Å². The van der Waals surface area contributed by atoms with Crippen LogP contribution in [-0.4, -0.2) is 4.89 Å². The Hall–Kier alpha value is -0.177. The molecule has 6 heteroatoms. The van der Waals surface area contributed by atoms with E-state index in [1.807, 2.05) is 18.2 Å². The third-order valence-corrected chi connectivity index (χ3v) is 11.6. The van der Waals surface area contributed by atoms with Gasteiger partial charge in [0.1, 0.15) is 5.75 Å². The number of hydrogen-bond donors (Lipinski definition) is 1. The molecule has 0 aliphatic heterocycles. The second-order valence-corrected chi connectivity index (χ2v) is 17.7. The molecule has 234 valence electrons. The van der Waals surface area contributed by atoms with Gasteiger partial charge in [0.05, 0.1) is 0 Å². The van der Waals surface area contributed by atoms with Gasteiger partial charge in [-0.2, -0.15) is 0 Å². The van der Waals surface area contributed by atoms with Crippen LogP contribution in [0.15, 0.2) is 53.4 Å². The molecule has 2 nitrogen and oxygen atoms in total. The van der Waals surface area contributed by atoms with E-state index in [-0.39, 0.29) is 19.5 Å². The third-order valence-electron chi connectivity index (χ3n) is 7.97. The molecule has 1 unspecified atom stereocenters. The van der Waals surface area contributed by atoms with Crippen LogP contribution in [0.3, 0.4) is 0 Å². The molecule has 0 saturated heterocycles. The normalized spacial score (nSPS) is 12.5. The second kappa shape index (κ2) is 26.1. The Morgan fingerprint density at radius 1 is 0.571 bits per heavy atom. The average molecular weight is 684 g/mol. The number of benzene rings is 2. The first-order chi connectivity index (χ1) is 20.1. The van der Waals surface area contributed by atoms with Crippen molar-refractivity contribution in [3.05, 3.63) is 59.7 Å². The van der Waals surface area contributed by atoms with Crippen molar-refractivity contribution in [1.29, 1.82) is 0 Å². The van der Waals surface area contributed by atoms with E-state index in [2.05, 4.69) is 44.2 Å². The van der Waals surface area contributed by atoms with Crippen LogP contribution in [0.4, 0.5) is 0 Å². The van der Waals surface area contributed by atoms with Crippen LogP contribution in [0, 0.1) is 0 Å². The van der Waals surface area contributed by atoms with Crippen molar-refractivity contribution in [2.75, 3.05) is 0 Å². The monoisotopic (exact) mass is 682 g/mol. The van der Waals surface area contributed by atoms with Gasteiger partial charge in [0.2, 0.25) is 0 Å². The number of para-hydroxylation sites is 1. The standard InChI is InChI=1S/C36H59O2PS2.Zn/c1-3-5-7-9-11-13-15-17-19-21-27-33-28-23-25-31-35(33)38-39(37,40)41-36-32-26-24-30-34(36)29-22-20-18-16-14-12-10-8-6-4-2;/h23-26,28,30-32H,3-22,27,29H2,1-2H3,(H,37,40);. The minimum Gasteiger partial charge on any atom is -0.436 e. The Morgan fingerprint density at radius 2 is 0.952 bits per heavy atom. The van der Waals surface area contributed by atoms with Gasteiger partial charge in [0.15, 0.2) is 0 Å². The average Bonchev–Trinajstić information content (AvgIpc) is 2.96. The van der Waals surface area contributed by atoms with Gasteiger partial charge >= 0.3 is 0 Å². The maximum absolute atomic E-state index is 11.2. The van der Waals surface area contributed by atoms with Gasteiger partial charge in [0.25, 0.3) is 5.69 Å². The molecule has 2 rings (SSSR count). The van der Waals surface area contributed by atoms with Crippen LogP contribution in [0.1, 0.15) is 153 Å². The molecule has 0 fully saturated rings. The largest absolute Gasteiger partial charge is 0.436 e. The summed E-state index contributed by atoms with van der Waals surface area (Å²) in [7, 11) is 0. The van der Waals surface area contributed by atoms with Crippen molar-refractivity contribution >= 4 is 28.9 Å². The second-order valence-electron chi connectivity index (χ2n) is 11.7. The van der Waals surface area contributed by atoms with E-state index in [1.165, 1.54) is 139 Å². The molecule has 42 heavy (non-hydrogen) atoms. The summed E-state index contributed by atoms with van der Waals surface area (Å²) < 4.78 is 6.18. The first-order valence-electron chi connectivity index (χ1n) is 16.9. The zero-order valence-corrected chi connectivity index (χ0v) is 32.5. The number of hydrogen-bond acceptors (Lipinski definition) is 3. The molecule has 0 amide bonds. The number of aryl methyl sites for hydroxylation is 2. The summed E-state index contributed by atoms with van der Waals surface area (Å²) >= 11 is 7.04. The fourth-order valence-corrected chi connectivity index (χ4v) is 9.21. The first-order valence-corrected chi connectivity index (χ1v) is 21.0. The zero-order valence-electron chi connectivity index (χ0n) is 27.0. The molecule has 0 aliphatic carbocycles. The summed E-state index contributed by atoms with van der Waals surface area (Å²) in [5, 5.41) is 0. The molecular weight excluding hydrogens is 625 g/mol. The summed E-state index contributed by atoms with van der Waals surface area (Å²) in [6.45, 7) is 4.55. The topological polar surface area (TPSA) is 29.5 Å². The first kappa shape index (κ1) is 39.8. The summed E-state index contributed by atoms with van der Waals surface area (Å²) in [6.07, 6.45) is 28.7. The summed E-state index contributed by atoms with van der Waals surface area (Å²) in [5.41, 5.74) is -0.630. The maximum Gasteiger partial charge on any atom is 0.299 e. The third kappa shape index (κ3) is 19.3. The van der Waals surface area contributed by atoms with Crippen LogP contribution in [0.25, 0.3) is 0 Å². The minimum atomic E-state index is -3.07. The van der Waals surface area contributed by atoms with Crippen molar-refractivity contribution in [2.24, 2.45) is 0 Å². The van der Waals surface area contributed by atoms with Gasteiger partial charge in [-0.15, -0.1) is 0 Å². The molecule has 0 radical (unpaired) electrons. The Labute approximate surface area is 281 Å². The Balaban J connectivity index is 0.00000882. The fourth-order valence-electron chi connectivity index (χ4n) is 5.47. The van der Waals surface area contributed by atoms with Crippen LogP contribution >= 0.6 is 17.1 Å². The van der Waals surface area contributed by atoms with Gasteiger partial charge in [-0.1, -0.05) is 166 Å². The van der Waals surface area contributed by atoms with Crippen LogP contribution in [0.5, 0.6) is 5.75 Å². The Morgan fingerprint density at radius 3 is 1.45 bits per heavy atom. The van der Waals surface area contributed by atoms with E-state index in [0.717, 1.165) is 35.5 Å². The molecule has 2 aromatic carbocycles. The molecule has 0 aromatic heterocycles. The van der Waals surface area contributed by atoms with Gasteiger partial charge in [-0.25, -0.2) is 0 Å². The SMILES string of the molecule is CCCCCCCCCCCCc1ccccc1OP(O)(=S)Sc1ccccc1CCCCCCCCCCCC.[Zn]. The molecule has 2 aromatic rings. The van der Waals surface area contributed by atoms with Crippen molar-refractivity contribution in [2.45, 2.75) is 160 Å². The van der Waals surface area contributed by atoms with Crippen molar-refractivity contribution in [3.8, 4) is 5.75 Å². The predicted molar refractivity (Wildman–Crippen MR) is 187 cm³/mol. The maximum atomic E-state index is 11.2. The smallest absolute Gasteiger partial charge is 0.299 e. The minimum absolute atomic E-state index is 0. The van der Waals surface area contributed by atoms with E-state index in [0.29, 0.717) is 0 Å². The van der Waals surface area contributed by atoms with Gasteiger partial charge in [0, 0.05) is 24.4 Å². The van der Waals surface area contributed by atoms with Crippen molar-refractivity contribution < 1.29 is 28.9 Å². The summed E-state index contributed by atoms with van der Waals surface area (Å²) in [6, 6.07) is 16.6. The molecule has 1 N–H and O–H groups in total. The van der Waals surface area contributed by atoms with Crippen molar-refractivity contribution in [3.63, 3.8) is 0 Å². The van der Waals surface area contributed by atoms with Crippen LogP contribution in [-0.2, 0) is 44.1 Å². The van der Waals surface area contributed by atoms with Gasteiger partial charge in [-0.05, 0) is 72.1 Å². The Bertz CT molecular complexity index is 897. The number of rotatable bonds is 26. The fraction of sp³-hybridized carbons (Fsp3) is 0.667. The molecular formula is C36H59O2PS2Zn. The van der Waals surface area contributed by atoms with E-state index in [1.54, 1.807) is 0 Å². The quantitative estimate of drug-likeness (QED) is 0.0607. The van der Waals surface area contributed by atoms with Crippen LogP contribution in [0.2, 0.25) is 0 Å². The van der Waals surface area contributed by atoms with Crippen LogP contribution < -0.4 is 4.52 Å². The zero-order chi connectivity index (χ0) is 29.4. The molecule has 0 bridgehead atoms. The predicted octanol–water partition coefficient (Wildman–Crippen LogP) is 13.0. The van der Waals surface area contributed by atoms with E-state index >= 15 is 0 Å². The molecule has 0 aliphatic rings. The van der Waals surface area contributed by atoms with E-state index in [9.17, 15) is 4.89 Å². The number of unbranched alkanes of at least 4 members (excludes halogenated alkanes) is 18.